The number of primary amides is 2. The van der Waals surface area contributed by atoms with Gasteiger partial charge in [-0.1, -0.05) is 0 Å². The zero-order valence-corrected chi connectivity index (χ0v) is 14.3. The first-order chi connectivity index (χ1) is 12.4. The largest absolute Gasteiger partial charge is 0.481 e. The molecule has 0 radical (unpaired) electrons. The van der Waals surface area contributed by atoms with Gasteiger partial charge < -0.3 is 38.0 Å². The number of hydrogen-bond donors (Lipinski definition) is 7. The summed E-state index contributed by atoms with van der Waals surface area (Å²) in [4.78, 5) is 67.7. The van der Waals surface area contributed by atoms with Crippen LogP contribution in [0.15, 0.2) is 0 Å². The maximum atomic E-state index is 12.2. The van der Waals surface area contributed by atoms with Crippen LogP contribution < -0.4 is 27.8 Å². The molecule has 0 aliphatic carbocycles. The van der Waals surface area contributed by atoms with Crippen LogP contribution in [0.2, 0.25) is 0 Å². The Morgan fingerprint density at radius 3 is 1.78 bits per heavy atom. The Bertz CT molecular complexity index is 608. The molecule has 0 aliphatic rings. The number of carbonyl (C=O) groups excluding carboxylic acids is 4. The molecule has 0 aromatic carbocycles. The second-order valence-corrected chi connectivity index (χ2v) is 5.67. The zero-order chi connectivity index (χ0) is 21.1. The molecule has 0 saturated carbocycles. The lowest BCUT2D eigenvalue weighted by Crippen LogP contribution is -2.55. The lowest BCUT2D eigenvalue weighted by molar-refractivity contribution is -0.142. The van der Waals surface area contributed by atoms with Crippen LogP contribution in [0.1, 0.15) is 32.1 Å². The van der Waals surface area contributed by atoms with Gasteiger partial charge in [-0.2, -0.15) is 0 Å². The number of nitrogens with two attached hydrogens (primary N) is 3. The van der Waals surface area contributed by atoms with E-state index in [9.17, 15) is 28.8 Å². The molecule has 3 atom stereocenters. The van der Waals surface area contributed by atoms with E-state index in [-0.39, 0.29) is 19.3 Å². The predicted molar refractivity (Wildman–Crippen MR) is 88.6 cm³/mol. The molecule has 10 N–H and O–H groups in total. The zero-order valence-electron chi connectivity index (χ0n) is 14.3. The third-order valence-corrected chi connectivity index (χ3v) is 3.34. The van der Waals surface area contributed by atoms with Crippen molar-refractivity contribution in [2.45, 2.75) is 50.2 Å². The number of carboxylic acids is 2. The van der Waals surface area contributed by atoms with E-state index in [2.05, 4.69) is 10.6 Å². The van der Waals surface area contributed by atoms with Crippen LogP contribution in [-0.2, 0) is 28.8 Å². The van der Waals surface area contributed by atoms with Gasteiger partial charge in [-0.25, -0.2) is 4.79 Å². The van der Waals surface area contributed by atoms with Gasteiger partial charge in [-0.15, -0.1) is 0 Å². The van der Waals surface area contributed by atoms with Gasteiger partial charge in [0, 0.05) is 12.8 Å². The second-order valence-electron chi connectivity index (χ2n) is 5.67. The van der Waals surface area contributed by atoms with Crippen LogP contribution in [0, 0.1) is 0 Å². The van der Waals surface area contributed by atoms with Crippen LogP contribution in [0.4, 0.5) is 0 Å². The second kappa shape index (κ2) is 11.4. The quantitative estimate of drug-likeness (QED) is 0.164. The number of carbonyl (C=O) groups is 6. The van der Waals surface area contributed by atoms with E-state index >= 15 is 0 Å². The predicted octanol–water partition coefficient (Wildman–Crippen LogP) is -3.63. The van der Waals surface area contributed by atoms with Crippen molar-refractivity contribution >= 4 is 35.6 Å². The molecule has 152 valence electrons. The fourth-order valence-electron chi connectivity index (χ4n) is 1.92. The average Bonchev–Trinajstić information content (AvgIpc) is 2.54. The van der Waals surface area contributed by atoms with Crippen molar-refractivity contribution in [3.05, 3.63) is 0 Å². The molecule has 0 aliphatic heterocycles. The van der Waals surface area contributed by atoms with Gasteiger partial charge >= 0.3 is 11.9 Å². The molecular weight excluding hydrogens is 366 g/mol. The van der Waals surface area contributed by atoms with Gasteiger partial charge in [0.05, 0.1) is 12.5 Å². The maximum Gasteiger partial charge on any atom is 0.326 e. The van der Waals surface area contributed by atoms with Gasteiger partial charge in [0.2, 0.25) is 23.6 Å². The summed E-state index contributed by atoms with van der Waals surface area (Å²) in [6.45, 7) is 0. The summed E-state index contributed by atoms with van der Waals surface area (Å²) in [7, 11) is 0. The number of carboxylic acid groups (broad SMARTS) is 2. The first kappa shape index (κ1) is 23.8. The number of rotatable bonds is 13. The molecule has 0 saturated heterocycles. The van der Waals surface area contributed by atoms with Crippen molar-refractivity contribution < 1.29 is 39.0 Å². The van der Waals surface area contributed by atoms with Gasteiger partial charge in [0.1, 0.15) is 12.1 Å². The summed E-state index contributed by atoms with van der Waals surface area (Å²) in [6, 6.07) is -4.28. The van der Waals surface area contributed by atoms with Crippen LogP contribution >= 0.6 is 0 Å². The molecule has 0 rings (SSSR count). The first-order valence-electron chi connectivity index (χ1n) is 7.81. The van der Waals surface area contributed by atoms with Crippen molar-refractivity contribution in [3.63, 3.8) is 0 Å². The van der Waals surface area contributed by atoms with Crippen LogP contribution in [-0.4, -0.2) is 63.9 Å². The SMILES string of the molecule is NC(=O)CC[C@H](NC(=O)[C@H](CC(N)=O)NC(=O)[C@@H](N)CCC(=O)O)C(=O)O. The van der Waals surface area contributed by atoms with E-state index in [0.717, 1.165) is 0 Å². The molecule has 0 spiro atoms. The minimum absolute atomic E-state index is 0.220. The molecule has 13 nitrogen and oxygen atoms in total. The Morgan fingerprint density at radius 2 is 1.33 bits per heavy atom. The molecule has 0 aromatic heterocycles. The smallest absolute Gasteiger partial charge is 0.326 e. The van der Waals surface area contributed by atoms with Crippen molar-refractivity contribution in [3.8, 4) is 0 Å². The first-order valence-corrected chi connectivity index (χ1v) is 7.81. The van der Waals surface area contributed by atoms with E-state index < -0.39 is 66.5 Å². The van der Waals surface area contributed by atoms with Gasteiger partial charge in [-0.3, -0.25) is 24.0 Å². The number of nitrogens with one attached hydrogen (secondary N) is 2. The highest BCUT2D eigenvalue weighted by Crippen LogP contribution is 2.02. The third kappa shape index (κ3) is 10.4. The Kier molecular flexibility index (Phi) is 10.0. The standard InChI is InChI=1S/C14H23N5O8/c15-6(1-4-11(22)23)12(24)19-8(5-10(17)21)13(25)18-7(14(26)27)2-3-9(16)20/h6-8H,1-5,15H2,(H2,16,20)(H2,17,21)(H,18,25)(H,19,24)(H,22,23)(H,26,27)/t6-,7-,8-/m0/s1. The van der Waals surface area contributed by atoms with Crippen molar-refractivity contribution in [2.24, 2.45) is 17.2 Å². The lowest BCUT2D eigenvalue weighted by Gasteiger charge is -2.22. The van der Waals surface area contributed by atoms with Crippen molar-refractivity contribution in [1.29, 1.82) is 0 Å². The number of amides is 4. The summed E-state index contributed by atoms with van der Waals surface area (Å²) in [5.74, 6) is -6.32. The normalized spacial score (nSPS) is 13.7. The Balaban J connectivity index is 5.03. The maximum absolute atomic E-state index is 12.2. The Labute approximate surface area is 153 Å². The molecule has 13 heteroatoms. The molecule has 4 amide bonds. The van der Waals surface area contributed by atoms with Gasteiger partial charge in [0.25, 0.3) is 0 Å². The summed E-state index contributed by atoms with van der Waals surface area (Å²) >= 11 is 0. The summed E-state index contributed by atoms with van der Waals surface area (Å²) in [5, 5.41) is 21.8. The molecule has 0 fully saturated rings. The van der Waals surface area contributed by atoms with Crippen molar-refractivity contribution in [1.82, 2.24) is 10.6 Å². The molecule has 27 heavy (non-hydrogen) atoms. The summed E-state index contributed by atoms with van der Waals surface area (Å²) in [6.07, 6.45) is -1.88. The number of aliphatic carboxylic acids is 2. The molecule has 0 heterocycles. The van der Waals surface area contributed by atoms with E-state index in [1.54, 1.807) is 0 Å². The minimum atomic E-state index is -1.53. The lowest BCUT2D eigenvalue weighted by atomic mass is 10.1. The van der Waals surface area contributed by atoms with E-state index in [0.29, 0.717) is 0 Å². The van der Waals surface area contributed by atoms with E-state index in [4.69, 9.17) is 27.4 Å². The average molecular weight is 389 g/mol. The van der Waals surface area contributed by atoms with Gasteiger partial charge in [0.15, 0.2) is 0 Å². The summed E-state index contributed by atoms with van der Waals surface area (Å²) < 4.78 is 0. The molecular formula is C14H23N5O8. The van der Waals surface area contributed by atoms with Crippen LogP contribution in [0.25, 0.3) is 0 Å². The Morgan fingerprint density at radius 1 is 0.778 bits per heavy atom. The minimum Gasteiger partial charge on any atom is -0.481 e. The third-order valence-electron chi connectivity index (χ3n) is 3.34. The Hall–Kier alpha value is -3.22. The van der Waals surface area contributed by atoms with Crippen LogP contribution in [0.5, 0.6) is 0 Å². The van der Waals surface area contributed by atoms with E-state index in [1.807, 2.05) is 0 Å². The molecule has 0 bridgehead atoms. The topological polar surface area (TPSA) is 245 Å². The number of hydrogen-bond acceptors (Lipinski definition) is 7. The fourth-order valence-corrected chi connectivity index (χ4v) is 1.92. The van der Waals surface area contributed by atoms with Gasteiger partial charge in [-0.05, 0) is 12.8 Å². The van der Waals surface area contributed by atoms with Crippen LogP contribution in [0.3, 0.4) is 0 Å². The summed E-state index contributed by atoms with van der Waals surface area (Å²) in [5.41, 5.74) is 15.4. The molecule has 0 unspecified atom stereocenters. The fraction of sp³-hybridized carbons (Fsp3) is 0.571. The highest BCUT2D eigenvalue weighted by atomic mass is 16.4. The van der Waals surface area contributed by atoms with Crippen molar-refractivity contribution in [2.75, 3.05) is 0 Å². The monoisotopic (exact) mass is 389 g/mol. The van der Waals surface area contributed by atoms with E-state index in [1.165, 1.54) is 0 Å². The highest BCUT2D eigenvalue weighted by molar-refractivity contribution is 5.94. The molecule has 0 aromatic rings. The highest BCUT2D eigenvalue weighted by Gasteiger charge is 2.29.